The minimum Gasteiger partial charge on any atom is -0.423 e. The van der Waals surface area contributed by atoms with Crippen LogP contribution in [0.15, 0.2) is 78.4 Å². The summed E-state index contributed by atoms with van der Waals surface area (Å²) in [5, 5.41) is 12.6. The van der Waals surface area contributed by atoms with Gasteiger partial charge in [0.15, 0.2) is 0 Å². The second-order valence-electron chi connectivity index (χ2n) is 6.40. The first-order chi connectivity index (χ1) is 14.5. The van der Waals surface area contributed by atoms with E-state index in [1.54, 1.807) is 54.6 Å². The van der Waals surface area contributed by atoms with Gasteiger partial charge in [-0.1, -0.05) is 41.9 Å². The summed E-state index contributed by atoms with van der Waals surface area (Å²) in [6.07, 6.45) is 1.47. The Hall–Kier alpha value is -3.88. The molecule has 0 aliphatic heterocycles. The molecule has 1 amide bonds. The van der Waals surface area contributed by atoms with E-state index in [0.29, 0.717) is 27.6 Å². The first kappa shape index (κ1) is 20.8. The Morgan fingerprint density at radius 1 is 1.00 bits per heavy atom. The minimum absolute atomic E-state index is 0.0378. The number of hydrogen-bond acceptors (Lipinski definition) is 4. The largest absolute Gasteiger partial charge is 0.423 e. The molecular weight excluding hydrogens is 400 g/mol. The molecule has 0 aromatic heterocycles. The highest BCUT2D eigenvalue weighted by molar-refractivity contribution is 6.30. The lowest BCUT2D eigenvalue weighted by atomic mass is 10.1. The maximum atomic E-state index is 12.4. The van der Waals surface area contributed by atoms with E-state index in [4.69, 9.17) is 16.3 Å². The summed E-state index contributed by atoms with van der Waals surface area (Å²) >= 11 is 5.81. The van der Waals surface area contributed by atoms with Crippen molar-refractivity contribution in [2.45, 2.75) is 6.92 Å². The first-order valence-corrected chi connectivity index (χ1v) is 9.40. The van der Waals surface area contributed by atoms with Crippen LogP contribution in [0.5, 0.6) is 5.75 Å². The standard InChI is InChI=1S/C24H17ClN2O3/c1-16-4-2-3-5-22(16)27-23(28)19(15-26)14-17-6-12-21(13-7-17)30-24(29)18-8-10-20(25)11-9-18/h2-14H,1H3,(H,27,28)/b19-14+. The van der Waals surface area contributed by atoms with Gasteiger partial charge < -0.3 is 10.1 Å². The van der Waals surface area contributed by atoms with Crippen LogP contribution >= 0.6 is 11.6 Å². The number of hydrogen-bond donors (Lipinski definition) is 1. The number of amides is 1. The van der Waals surface area contributed by atoms with E-state index in [2.05, 4.69) is 5.32 Å². The van der Waals surface area contributed by atoms with Crippen LogP contribution in [0.4, 0.5) is 5.69 Å². The van der Waals surface area contributed by atoms with Crippen molar-refractivity contribution in [3.05, 3.63) is 100 Å². The molecule has 0 aliphatic rings. The van der Waals surface area contributed by atoms with Crippen LogP contribution < -0.4 is 10.1 Å². The van der Waals surface area contributed by atoms with Gasteiger partial charge in [-0.15, -0.1) is 0 Å². The van der Waals surface area contributed by atoms with E-state index >= 15 is 0 Å². The second kappa shape index (κ2) is 9.55. The molecule has 148 valence electrons. The predicted octanol–water partition coefficient (Wildman–Crippen LogP) is 5.41. The number of benzene rings is 3. The second-order valence-corrected chi connectivity index (χ2v) is 6.84. The average Bonchev–Trinajstić information content (AvgIpc) is 2.75. The number of anilines is 1. The molecule has 0 bridgehead atoms. The maximum absolute atomic E-state index is 12.4. The van der Waals surface area contributed by atoms with Crippen LogP contribution in [-0.4, -0.2) is 11.9 Å². The van der Waals surface area contributed by atoms with Gasteiger partial charge >= 0.3 is 5.97 Å². The zero-order valence-corrected chi connectivity index (χ0v) is 16.8. The number of para-hydroxylation sites is 1. The van der Waals surface area contributed by atoms with E-state index in [0.717, 1.165) is 5.56 Å². The number of carbonyl (C=O) groups is 2. The normalized spacial score (nSPS) is 10.8. The number of aryl methyl sites for hydroxylation is 1. The van der Waals surface area contributed by atoms with Gasteiger partial charge in [0.05, 0.1) is 5.56 Å². The Bertz CT molecular complexity index is 1140. The molecule has 0 radical (unpaired) electrons. The lowest BCUT2D eigenvalue weighted by molar-refractivity contribution is -0.112. The Kier molecular flexibility index (Phi) is 6.63. The molecule has 0 heterocycles. The van der Waals surface area contributed by atoms with E-state index in [-0.39, 0.29) is 5.57 Å². The van der Waals surface area contributed by atoms with E-state index < -0.39 is 11.9 Å². The Morgan fingerprint density at radius 3 is 2.30 bits per heavy atom. The van der Waals surface area contributed by atoms with Crippen molar-refractivity contribution in [2.75, 3.05) is 5.32 Å². The SMILES string of the molecule is Cc1ccccc1NC(=O)/C(C#N)=C/c1ccc(OC(=O)c2ccc(Cl)cc2)cc1. The highest BCUT2D eigenvalue weighted by atomic mass is 35.5. The summed E-state index contributed by atoms with van der Waals surface area (Å²) in [7, 11) is 0. The number of nitriles is 1. The lowest BCUT2D eigenvalue weighted by Crippen LogP contribution is -2.14. The quantitative estimate of drug-likeness (QED) is 0.261. The minimum atomic E-state index is -0.509. The fourth-order valence-corrected chi connectivity index (χ4v) is 2.73. The summed E-state index contributed by atoms with van der Waals surface area (Å²) < 4.78 is 5.32. The molecule has 1 N–H and O–H groups in total. The van der Waals surface area contributed by atoms with Crippen molar-refractivity contribution in [3.8, 4) is 11.8 Å². The van der Waals surface area contributed by atoms with Crippen LogP contribution in [0.3, 0.4) is 0 Å². The van der Waals surface area contributed by atoms with Crippen LogP contribution in [-0.2, 0) is 4.79 Å². The lowest BCUT2D eigenvalue weighted by Gasteiger charge is -2.07. The van der Waals surface area contributed by atoms with Gasteiger partial charge in [-0.2, -0.15) is 5.26 Å². The molecule has 30 heavy (non-hydrogen) atoms. The van der Waals surface area contributed by atoms with E-state index in [9.17, 15) is 14.9 Å². The summed E-state index contributed by atoms with van der Waals surface area (Å²) in [4.78, 5) is 24.6. The number of rotatable bonds is 5. The Balaban J connectivity index is 1.69. The molecule has 0 saturated heterocycles. The molecule has 5 nitrogen and oxygen atoms in total. The molecule has 0 atom stereocenters. The zero-order valence-electron chi connectivity index (χ0n) is 16.1. The third-order valence-corrected chi connectivity index (χ3v) is 4.49. The number of esters is 1. The molecule has 0 spiro atoms. The first-order valence-electron chi connectivity index (χ1n) is 9.03. The average molecular weight is 417 g/mol. The monoisotopic (exact) mass is 416 g/mol. The number of nitrogens with one attached hydrogen (secondary N) is 1. The van der Waals surface area contributed by atoms with Crippen molar-refractivity contribution in [2.24, 2.45) is 0 Å². The number of halogens is 1. The van der Waals surface area contributed by atoms with Gasteiger partial charge in [-0.05, 0) is 66.6 Å². The molecule has 0 aliphatic carbocycles. The topological polar surface area (TPSA) is 79.2 Å². The highest BCUT2D eigenvalue weighted by Crippen LogP contribution is 2.19. The molecule has 3 rings (SSSR count). The summed E-state index contributed by atoms with van der Waals surface area (Å²) in [6.45, 7) is 1.87. The molecule has 0 saturated carbocycles. The Labute approximate surface area is 179 Å². The number of carbonyl (C=O) groups excluding carboxylic acids is 2. The van der Waals surface area contributed by atoms with Crippen LogP contribution in [0.1, 0.15) is 21.5 Å². The fraction of sp³-hybridized carbons (Fsp3) is 0.0417. The fourth-order valence-electron chi connectivity index (χ4n) is 2.60. The summed E-state index contributed by atoms with van der Waals surface area (Å²) in [6, 6.07) is 22.1. The zero-order chi connectivity index (χ0) is 21.5. The van der Waals surface area contributed by atoms with Crippen molar-refractivity contribution < 1.29 is 14.3 Å². The molecule has 6 heteroatoms. The van der Waals surface area contributed by atoms with Gasteiger partial charge in [0.1, 0.15) is 17.4 Å². The van der Waals surface area contributed by atoms with Crippen LogP contribution in [0.25, 0.3) is 6.08 Å². The van der Waals surface area contributed by atoms with Gasteiger partial charge in [-0.25, -0.2) is 4.79 Å². The summed E-state index contributed by atoms with van der Waals surface area (Å²) in [5.41, 5.74) is 2.51. The molecular formula is C24H17ClN2O3. The molecule has 0 unspecified atom stereocenters. The van der Waals surface area contributed by atoms with Gasteiger partial charge in [-0.3, -0.25) is 4.79 Å². The van der Waals surface area contributed by atoms with Crippen LogP contribution in [0, 0.1) is 18.3 Å². The third kappa shape index (κ3) is 5.34. The van der Waals surface area contributed by atoms with Crippen molar-refractivity contribution in [1.29, 1.82) is 5.26 Å². The van der Waals surface area contributed by atoms with Crippen molar-refractivity contribution in [1.82, 2.24) is 0 Å². The predicted molar refractivity (Wildman–Crippen MR) is 116 cm³/mol. The molecule has 0 fully saturated rings. The smallest absolute Gasteiger partial charge is 0.343 e. The molecule has 3 aromatic rings. The van der Waals surface area contributed by atoms with Gasteiger partial charge in [0, 0.05) is 10.7 Å². The van der Waals surface area contributed by atoms with Gasteiger partial charge in [0.2, 0.25) is 0 Å². The summed E-state index contributed by atoms with van der Waals surface area (Å²) in [5.74, 6) is -0.662. The number of nitrogens with zero attached hydrogens (tertiary/aromatic N) is 1. The van der Waals surface area contributed by atoms with E-state index in [1.807, 2.05) is 31.2 Å². The van der Waals surface area contributed by atoms with Crippen LogP contribution in [0.2, 0.25) is 5.02 Å². The third-order valence-electron chi connectivity index (χ3n) is 4.24. The molecule has 3 aromatic carbocycles. The van der Waals surface area contributed by atoms with Crippen molar-refractivity contribution in [3.63, 3.8) is 0 Å². The number of ether oxygens (including phenoxy) is 1. The Morgan fingerprint density at radius 2 is 1.67 bits per heavy atom. The highest BCUT2D eigenvalue weighted by Gasteiger charge is 2.11. The van der Waals surface area contributed by atoms with Crippen molar-refractivity contribution >= 4 is 35.2 Å². The van der Waals surface area contributed by atoms with Gasteiger partial charge in [0.25, 0.3) is 5.91 Å². The maximum Gasteiger partial charge on any atom is 0.343 e. The van der Waals surface area contributed by atoms with E-state index in [1.165, 1.54) is 6.08 Å².